The Kier molecular flexibility index (Phi) is 3.13. The molecule has 2 atom stereocenters. The van der Waals surface area contributed by atoms with Gasteiger partial charge in [-0.05, 0) is 18.2 Å². The Bertz CT molecular complexity index is 567. The van der Waals surface area contributed by atoms with Crippen LogP contribution in [0.15, 0.2) is 36.5 Å². The Hall–Kier alpha value is -2.01. The highest BCUT2D eigenvalue weighted by molar-refractivity contribution is 5.40. The number of aliphatic hydroxyl groups is 1. The quantitative estimate of drug-likeness (QED) is 0.900. The number of ether oxygens (including phenoxy) is 2. The fourth-order valence-electron chi connectivity index (χ4n) is 2.14. The molecule has 1 aromatic heterocycles. The van der Waals surface area contributed by atoms with Crippen LogP contribution in [0, 0.1) is 0 Å². The molecule has 1 aliphatic rings. The number of aryl methyl sites for hydroxylation is 1. The largest absolute Gasteiger partial charge is 0.486 e. The normalized spacial score (nSPS) is 19.2. The number of aromatic nitrogens is 2. The first-order valence-electron chi connectivity index (χ1n) is 6.27. The van der Waals surface area contributed by atoms with Gasteiger partial charge < -0.3 is 14.6 Å². The third-order valence-corrected chi connectivity index (χ3v) is 3.15. The van der Waals surface area contributed by atoms with Crippen molar-refractivity contribution in [3.63, 3.8) is 0 Å². The van der Waals surface area contributed by atoms with E-state index in [1.807, 2.05) is 43.6 Å². The van der Waals surface area contributed by atoms with Gasteiger partial charge in [-0.15, -0.1) is 0 Å². The molecular formula is C14H16N2O3. The number of rotatable bonds is 3. The van der Waals surface area contributed by atoms with E-state index in [0.717, 1.165) is 11.4 Å². The number of hydrogen-bond acceptors (Lipinski definition) is 4. The third-order valence-electron chi connectivity index (χ3n) is 3.15. The zero-order valence-electron chi connectivity index (χ0n) is 10.7. The first-order chi connectivity index (χ1) is 9.22. The molecule has 1 N–H and O–H groups in total. The van der Waals surface area contributed by atoms with E-state index in [-0.39, 0.29) is 6.10 Å². The van der Waals surface area contributed by atoms with Gasteiger partial charge >= 0.3 is 0 Å². The molecule has 5 heteroatoms. The van der Waals surface area contributed by atoms with E-state index >= 15 is 0 Å². The number of nitrogens with zero attached hydrogens (tertiary/aromatic N) is 2. The zero-order chi connectivity index (χ0) is 13.2. The first-order valence-corrected chi connectivity index (χ1v) is 6.27. The van der Waals surface area contributed by atoms with Crippen molar-refractivity contribution in [3.8, 4) is 11.5 Å². The number of aliphatic hydroxyl groups excluding tert-OH is 1. The number of benzene rings is 1. The summed E-state index contributed by atoms with van der Waals surface area (Å²) in [6.07, 6.45) is 1.31. The van der Waals surface area contributed by atoms with Crippen molar-refractivity contribution < 1.29 is 14.6 Å². The van der Waals surface area contributed by atoms with Gasteiger partial charge in [0.1, 0.15) is 6.61 Å². The molecule has 100 valence electrons. The average molecular weight is 260 g/mol. The van der Waals surface area contributed by atoms with Crippen LogP contribution >= 0.6 is 0 Å². The van der Waals surface area contributed by atoms with Crippen LogP contribution in [0.25, 0.3) is 0 Å². The lowest BCUT2D eigenvalue weighted by molar-refractivity contribution is -0.00985. The SMILES string of the molecule is Cn1ccc(CC(O)C2COc3ccccc3O2)n1. The van der Waals surface area contributed by atoms with Crippen molar-refractivity contribution in [1.82, 2.24) is 9.78 Å². The second-order valence-corrected chi connectivity index (χ2v) is 4.67. The molecule has 0 bridgehead atoms. The van der Waals surface area contributed by atoms with Crippen molar-refractivity contribution in [2.24, 2.45) is 7.05 Å². The molecule has 5 nitrogen and oxygen atoms in total. The molecule has 1 aromatic carbocycles. The van der Waals surface area contributed by atoms with Gasteiger partial charge in [-0.25, -0.2) is 0 Å². The number of fused-ring (bicyclic) bond motifs is 1. The Morgan fingerprint density at radius 1 is 1.37 bits per heavy atom. The van der Waals surface area contributed by atoms with E-state index in [2.05, 4.69) is 5.10 Å². The Balaban J connectivity index is 1.67. The van der Waals surface area contributed by atoms with E-state index in [4.69, 9.17) is 9.47 Å². The van der Waals surface area contributed by atoms with Gasteiger partial charge in [-0.2, -0.15) is 5.10 Å². The molecule has 3 rings (SSSR count). The van der Waals surface area contributed by atoms with Crippen LogP contribution in [-0.2, 0) is 13.5 Å². The summed E-state index contributed by atoms with van der Waals surface area (Å²) in [6, 6.07) is 9.37. The summed E-state index contributed by atoms with van der Waals surface area (Å²) in [5.41, 5.74) is 0.845. The highest BCUT2D eigenvalue weighted by Crippen LogP contribution is 2.31. The monoisotopic (exact) mass is 260 g/mol. The Labute approximate surface area is 111 Å². The van der Waals surface area contributed by atoms with E-state index < -0.39 is 6.10 Å². The van der Waals surface area contributed by atoms with Gasteiger partial charge in [-0.1, -0.05) is 12.1 Å². The van der Waals surface area contributed by atoms with Crippen molar-refractivity contribution in [3.05, 3.63) is 42.2 Å². The van der Waals surface area contributed by atoms with Gasteiger partial charge in [0.05, 0.1) is 11.8 Å². The summed E-state index contributed by atoms with van der Waals surface area (Å²) in [5.74, 6) is 1.41. The molecule has 0 saturated heterocycles. The number of hydrogen-bond donors (Lipinski definition) is 1. The summed E-state index contributed by atoms with van der Waals surface area (Å²) in [6.45, 7) is 0.352. The van der Waals surface area contributed by atoms with Crippen molar-refractivity contribution >= 4 is 0 Å². The minimum Gasteiger partial charge on any atom is -0.486 e. The Morgan fingerprint density at radius 2 is 2.16 bits per heavy atom. The fourth-order valence-corrected chi connectivity index (χ4v) is 2.14. The van der Waals surface area contributed by atoms with Gasteiger partial charge in [0.15, 0.2) is 17.6 Å². The fraction of sp³-hybridized carbons (Fsp3) is 0.357. The maximum atomic E-state index is 10.2. The highest BCUT2D eigenvalue weighted by Gasteiger charge is 2.28. The molecule has 19 heavy (non-hydrogen) atoms. The van der Waals surface area contributed by atoms with Crippen LogP contribution in [0.2, 0.25) is 0 Å². The maximum Gasteiger partial charge on any atom is 0.161 e. The lowest BCUT2D eigenvalue weighted by Gasteiger charge is -2.29. The van der Waals surface area contributed by atoms with Gasteiger partial charge in [0.2, 0.25) is 0 Å². The van der Waals surface area contributed by atoms with E-state index in [1.54, 1.807) is 4.68 Å². The van der Waals surface area contributed by atoms with Crippen LogP contribution in [0.5, 0.6) is 11.5 Å². The molecule has 2 aromatic rings. The zero-order valence-corrected chi connectivity index (χ0v) is 10.7. The molecule has 0 spiro atoms. The van der Waals surface area contributed by atoms with E-state index in [0.29, 0.717) is 18.8 Å². The molecule has 1 aliphatic heterocycles. The van der Waals surface area contributed by atoms with Gasteiger partial charge in [-0.3, -0.25) is 4.68 Å². The standard InChI is InChI=1S/C14H16N2O3/c1-16-7-6-10(15-16)8-11(17)14-9-18-12-4-2-3-5-13(12)19-14/h2-7,11,14,17H,8-9H2,1H3. The maximum absolute atomic E-state index is 10.2. The smallest absolute Gasteiger partial charge is 0.161 e. The molecule has 0 amide bonds. The summed E-state index contributed by atoms with van der Waals surface area (Å²) in [5, 5.41) is 14.5. The lowest BCUT2D eigenvalue weighted by atomic mass is 10.1. The van der Waals surface area contributed by atoms with Crippen LogP contribution in [0.1, 0.15) is 5.69 Å². The summed E-state index contributed by atoms with van der Waals surface area (Å²) >= 11 is 0. The van der Waals surface area contributed by atoms with Gasteiger partial charge in [0.25, 0.3) is 0 Å². The number of para-hydroxylation sites is 2. The van der Waals surface area contributed by atoms with E-state index in [9.17, 15) is 5.11 Å². The minimum atomic E-state index is -0.636. The molecule has 0 radical (unpaired) electrons. The molecular weight excluding hydrogens is 244 g/mol. The van der Waals surface area contributed by atoms with Crippen LogP contribution in [0.4, 0.5) is 0 Å². The molecule has 2 heterocycles. The van der Waals surface area contributed by atoms with E-state index in [1.165, 1.54) is 0 Å². The third kappa shape index (κ3) is 2.56. The molecule has 0 aliphatic carbocycles. The lowest BCUT2D eigenvalue weighted by Crippen LogP contribution is -2.40. The average Bonchev–Trinajstić information content (AvgIpc) is 2.83. The minimum absolute atomic E-state index is 0.352. The molecule has 2 unspecified atom stereocenters. The summed E-state index contributed by atoms with van der Waals surface area (Å²) < 4.78 is 13.1. The molecule has 0 fully saturated rings. The van der Waals surface area contributed by atoms with Gasteiger partial charge in [0, 0.05) is 19.7 Å². The predicted molar refractivity (Wildman–Crippen MR) is 69.3 cm³/mol. The second-order valence-electron chi connectivity index (χ2n) is 4.67. The van der Waals surface area contributed by atoms with Crippen molar-refractivity contribution in [1.29, 1.82) is 0 Å². The predicted octanol–water partition coefficient (Wildman–Crippen LogP) is 1.16. The van der Waals surface area contributed by atoms with Crippen molar-refractivity contribution in [2.45, 2.75) is 18.6 Å². The highest BCUT2D eigenvalue weighted by atomic mass is 16.6. The molecule has 0 saturated carbocycles. The van der Waals surface area contributed by atoms with Crippen LogP contribution in [0.3, 0.4) is 0 Å². The summed E-state index contributed by atoms with van der Waals surface area (Å²) in [7, 11) is 1.85. The van der Waals surface area contributed by atoms with Crippen LogP contribution in [-0.4, -0.2) is 33.7 Å². The van der Waals surface area contributed by atoms with Crippen molar-refractivity contribution in [2.75, 3.05) is 6.61 Å². The Morgan fingerprint density at radius 3 is 2.89 bits per heavy atom. The summed E-state index contributed by atoms with van der Waals surface area (Å²) in [4.78, 5) is 0. The van der Waals surface area contributed by atoms with Crippen LogP contribution < -0.4 is 9.47 Å². The first kappa shape index (κ1) is 12.0. The topological polar surface area (TPSA) is 56.5 Å². The second kappa shape index (κ2) is 4.93.